The summed E-state index contributed by atoms with van der Waals surface area (Å²) in [5, 5.41) is 0. The van der Waals surface area contributed by atoms with Crippen molar-refractivity contribution in [3.05, 3.63) is 0 Å². The Balaban J connectivity index is 1.95. The van der Waals surface area contributed by atoms with Crippen LogP contribution in [-0.2, 0) is 0 Å². The molecule has 0 spiro atoms. The van der Waals surface area contributed by atoms with Crippen LogP contribution in [0.1, 0.15) is 26.2 Å². The predicted octanol–water partition coefficient (Wildman–Crippen LogP) is 0.570. The Labute approximate surface area is 62.4 Å². The number of likely N-dealkylation sites (tertiary alicyclic amines) is 1. The van der Waals surface area contributed by atoms with E-state index in [1.54, 1.807) is 0 Å². The molecule has 2 N–H and O–H groups in total. The van der Waals surface area contributed by atoms with Crippen LogP contribution in [0.5, 0.6) is 0 Å². The van der Waals surface area contributed by atoms with Crippen LogP contribution in [0.15, 0.2) is 0 Å². The Morgan fingerprint density at radius 2 is 2.10 bits per heavy atom. The third-order valence-corrected chi connectivity index (χ3v) is 2.67. The van der Waals surface area contributed by atoms with E-state index in [2.05, 4.69) is 11.8 Å². The molecule has 2 fully saturated rings. The molecule has 10 heavy (non-hydrogen) atoms. The third-order valence-electron chi connectivity index (χ3n) is 2.67. The first-order valence-corrected chi connectivity index (χ1v) is 4.28. The van der Waals surface area contributed by atoms with Gasteiger partial charge in [-0.2, -0.15) is 0 Å². The molecular formula is C8H16N2. The van der Waals surface area contributed by atoms with E-state index < -0.39 is 0 Å². The van der Waals surface area contributed by atoms with Crippen molar-refractivity contribution >= 4 is 0 Å². The zero-order valence-electron chi connectivity index (χ0n) is 6.59. The van der Waals surface area contributed by atoms with Crippen LogP contribution < -0.4 is 5.73 Å². The monoisotopic (exact) mass is 140 g/mol. The van der Waals surface area contributed by atoms with Gasteiger partial charge in [0.15, 0.2) is 0 Å². The average Bonchev–Trinajstić information content (AvgIpc) is 2.61. The van der Waals surface area contributed by atoms with Crippen LogP contribution in [-0.4, -0.2) is 29.6 Å². The first-order chi connectivity index (χ1) is 4.77. The van der Waals surface area contributed by atoms with Gasteiger partial charge in [0, 0.05) is 24.7 Å². The molecule has 2 rings (SSSR count). The van der Waals surface area contributed by atoms with Crippen LogP contribution in [0.4, 0.5) is 0 Å². The van der Waals surface area contributed by atoms with E-state index in [9.17, 15) is 0 Å². The molecule has 1 aliphatic heterocycles. The zero-order valence-corrected chi connectivity index (χ0v) is 6.59. The van der Waals surface area contributed by atoms with Gasteiger partial charge >= 0.3 is 0 Å². The summed E-state index contributed by atoms with van der Waals surface area (Å²) >= 11 is 0. The van der Waals surface area contributed by atoms with Crippen molar-refractivity contribution in [2.24, 2.45) is 5.73 Å². The van der Waals surface area contributed by atoms with Crippen LogP contribution in [0.2, 0.25) is 0 Å². The van der Waals surface area contributed by atoms with Crippen molar-refractivity contribution in [2.45, 2.75) is 44.3 Å². The van der Waals surface area contributed by atoms with Gasteiger partial charge in [-0.3, -0.25) is 4.90 Å². The molecule has 0 aromatic rings. The molecular weight excluding hydrogens is 124 g/mol. The number of hydrogen-bond donors (Lipinski definition) is 1. The molecule has 1 saturated carbocycles. The lowest BCUT2D eigenvalue weighted by atomic mass is 10.2. The largest absolute Gasteiger partial charge is 0.326 e. The number of rotatable bonds is 1. The number of nitrogens with zero attached hydrogens (tertiary/aromatic N) is 1. The van der Waals surface area contributed by atoms with E-state index in [4.69, 9.17) is 5.73 Å². The average molecular weight is 140 g/mol. The van der Waals surface area contributed by atoms with Crippen molar-refractivity contribution in [1.29, 1.82) is 0 Å². The summed E-state index contributed by atoms with van der Waals surface area (Å²) in [6.45, 7) is 3.44. The normalized spacial score (nSPS) is 42.6. The van der Waals surface area contributed by atoms with E-state index in [1.165, 1.54) is 19.3 Å². The maximum Gasteiger partial charge on any atom is 0.0182 e. The third kappa shape index (κ3) is 1.06. The second-order valence-corrected chi connectivity index (χ2v) is 3.77. The SMILES string of the molecule is C[C@@H]1C[C@H](N)CN1C1CC1. The minimum Gasteiger partial charge on any atom is -0.326 e. The van der Waals surface area contributed by atoms with Crippen molar-refractivity contribution in [3.63, 3.8) is 0 Å². The summed E-state index contributed by atoms with van der Waals surface area (Å²) in [5.74, 6) is 0. The smallest absolute Gasteiger partial charge is 0.0182 e. The Hall–Kier alpha value is -0.0800. The minimum absolute atomic E-state index is 0.454. The van der Waals surface area contributed by atoms with Crippen LogP contribution in [0, 0.1) is 0 Å². The first-order valence-electron chi connectivity index (χ1n) is 4.28. The van der Waals surface area contributed by atoms with E-state index in [1.807, 2.05) is 0 Å². The quantitative estimate of drug-likeness (QED) is 0.577. The summed E-state index contributed by atoms with van der Waals surface area (Å²) in [4.78, 5) is 2.57. The zero-order chi connectivity index (χ0) is 7.14. The lowest BCUT2D eigenvalue weighted by Crippen LogP contribution is -2.31. The summed E-state index contributed by atoms with van der Waals surface area (Å²) < 4.78 is 0. The van der Waals surface area contributed by atoms with Gasteiger partial charge in [-0.25, -0.2) is 0 Å². The Morgan fingerprint density at radius 3 is 2.50 bits per heavy atom. The Kier molecular flexibility index (Phi) is 1.46. The van der Waals surface area contributed by atoms with Gasteiger partial charge in [-0.1, -0.05) is 0 Å². The minimum atomic E-state index is 0.454. The van der Waals surface area contributed by atoms with Crippen LogP contribution in [0.3, 0.4) is 0 Å². The van der Waals surface area contributed by atoms with Crippen molar-refractivity contribution in [3.8, 4) is 0 Å². The molecule has 0 radical (unpaired) electrons. The second kappa shape index (κ2) is 2.21. The van der Waals surface area contributed by atoms with E-state index in [0.717, 1.165) is 18.6 Å². The first kappa shape index (κ1) is 6.62. The predicted molar refractivity (Wildman–Crippen MR) is 41.8 cm³/mol. The van der Waals surface area contributed by atoms with E-state index in [-0.39, 0.29) is 0 Å². The van der Waals surface area contributed by atoms with Crippen molar-refractivity contribution in [1.82, 2.24) is 4.90 Å². The molecule has 0 aromatic carbocycles. The second-order valence-electron chi connectivity index (χ2n) is 3.77. The fourth-order valence-electron chi connectivity index (χ4n) is 2.01. The van der Waals surface area contributed by atoms with Gasteiger partial charge in [-0.05, 0) is 26.2 Å². The molecule has 0 amide bonds. The van der Waals surface area contributed by atoms with Gasteiger partial charge in [0.2, 0.25) is 0 Å². The van der Waals surface area contributed by atoms with Gasteiger partial charge in [-0.15, -0.1) is 0 Å². The van der Waals surface area contributed by atoms with Crippen LogP contribution >= 0.6 is 0 Å². The Morgan fingerprint density at radius 1 is 1.40 bits per heavy atom. The summed E-state index contributed by atoms with van der Waals surface area (Å²) in [6.07, 6.45) is 4.03. The molecule has 2 atom stereocenters. The highest BCUT2D eigenvalue weighted by Gasteiger charge is 2.37. The summed E-state index contributed by atoms with van der Waals surface area (Å²) in [5.41, 5.74) is 5.84. The van der Waals surface area contributed by atoms with E-state index in [0.29, 0.717) is 6.04 Å². The number of hydrogen-bond acceptors (Lipinski definition) is 2. The topological polar surface area (TPSA) is 29.3 Å². The van der Waals surface area contributed by atoms with Crippen molar-refractivity contribution < 1.29 is 0 Å². The van der Waals surface area contributed by atoms with Gasteiger partial charge in [0.05, 0.1) is 0 Å². The van der Waals surface area contributed by atoms with Gasteiger partial charge in [0.25, 0.3) is 0 Å². The maximum absolute atomic E-state index is 5.84. The summed E-state index contributed by atoms with van der Waals surface area (Å²) in [7, 11) is 0. The maximum atomic E-state index is 5.84. The lowest BCUT2D eigenvalue weighted by molar-refractivity contribution is 0.257. The number of nitrogens with two attached hydrogens (primary N) is 1. The molecule has 1 aliphatic carbocycles. The highest BCUT2D eigenvalue weighted by atomic mass is 15.2. The molecule has 1 heterocycles. The molecule has 2 aliphatic rings. The summed E-state index contributed by atoms with van der Waals surface area (Å²) in [6, 6.07) is 2.11. The molecule has 0 bridgehead atoms. The highest BCUT2D eigenvalue weighted by Crippen LogP contribution is 2.32. The standard InChI is InChI=1S/C8H16N2/c1-6-4-7(9)5-10(6)8-2-3-8/h6-8H,2-5,9H2,1H3/t6-,7+/m1/s1. The molecule has 0 aromatic heterocycles. The van der Waals surface area contributed by atoms with Crippen molar-refractivity contribution in [2.75, 3.05) is 6.54 Å². The van der Waals surface area contributed by atoms with E-state index >= 15 is 0 Å². The fourth-order valence-corrected chi connectivity index (χ4v) is 2.01. The van der Waals surface area contributed by atoms with Gasteiger partial charge < -0.3 is 5.73 Å². The van der Waals surface area contributed by atoms with Gasteiger partial charge in [0.1, 0.15) is 0 Å². The fraction of sp³-hybridized carbons (Fsp3) is 1.00. The highest BCUT2D eigenvalue weighted by molar-refractivity contribution is 4.94. The van der Waals surface area contributed by atoms with Crippen LogP contribution in [0.25, 0.3) is 0 Å². The molecule has 2 heteroatoms. The lowest BCUT2D eigenvalue weighted by Gasteiger charge is -2.19. The molecule has 58 valence electrons. The Bertz CT molecular complexity index is 131. The molecule has 1 saturated heterocycles. The molecule has 0 unspecified atom stereocenters. The molecule has 2 nitrogen and oxygen atoms in total.